The fraction of sp³-hybridized carbons (Fsp3) is 0.444. The number of thioether (sulfide) groups is 1. The maximum atomic E-state index is 5.85. The molecule has 1 aromatic heterocycles. The standard InChI is InChI=1S/C9H12ClN3S/c10-8-5-7(11)6-9(12-8)13-1-3-14-4-2-13/h5-6H,1-4H2,(H2,11,12). The normalized spacial score (nSPS) is 17.1. The van der Waals surface area contributed by atoms with Gasteiger partial charge in [-0.1, -0.05) is 11.6 Å². The lowest BCUT2D eigenvalue weighted by atomic mass is 10.3. The van der Waals surface area contributed by atoms with Gasteiger partial charge in [0.15, 0.2) is 0 Å². The first-order valence-electron chi connectivity index (χ1n) is 4.51. The molecule has 0 saturated carbocycles. The predicted molar refractivity (Wildman–Crippen MR) is 63.2 cm³/mol. The zero-order valence-electron chi connectivity index (χ0n) is 7.74. The average molecular weight is 230 g/mol. The number of hydrogen-bond donors (Lipinski definition) is 1. The molecule has 1 fully saturated rings. The number of aromatic nitrogens is 1. The van der Waals surface area contributed by atoms with E-state index in [2.05, 4.69) is 9.88 Å². The molecular formula is C9H12ClN3S. The van der Waals surface area contributed by atoms with Crippen LogP contribution in [0.1, 0.15) is 0 Å². The molecule has 0 atom stereocenters. The Hall–Kier alpha value is -0.610. The second kappa shape index (κ2) is 4.28. The van der Waals surface area contributed by atoms with Gasteiger partial charge in [-0.15, -0.1) is 0 Å². The van der Waals surface area contributed by atoms with Gasteiger partial charge >= 0.3 is 0 Å². The first-order valence-corrected chi connectivity index (χ1v) is 6.05. The van der Waals surface area contributed by atoms with Crippen LogP contribution in [0.15, 0.2) is 12.1 Å². The van der Waals surface area contributed by atoms with Gasteiger partial charge in [-0.3, -0.25) is 0 Å². The van der Waals surface area contributed by atoms with E-state index in [0.717, 1.165) is 30.4 Å². The first-order chi connectivity index (χ1) is 6.75. The van der Waals surface area contributed by atoms with Gasteiger partial charge in [-0.05, 0) is 6.07 Å². The van der Waals surface area contributed by atoms with Crippen LogP contribution in [0.25, 0.3) is 0 Å². The molecule has 0 spiro atoms. The van der Waals surface area contributed by atoms with Crippen molar-refractivity contribution in [2.75, 3.05) is 35.2 Å². The maximum Gasteiger partial charge on any atom is 0.133 e. The van der Waals surface area contributed by atoms with Crippen molar-refractivity contribution in [3.8, 4) is 0 Å². The number of hydrogen-bond acceptors (Lipinski definition) is 4. The molecular weight excluding hydrogens is 218 g/mol. The summed E-state index contributed by atoms with van der Waals surface area (Å²) in [6.07, 6.45) is 0. The summed E-state index contributed by atoms with van der Waals surface area (Å²) >= 11 is 7.81. The number of halogens is 1. The van der Waals surface area contributed by atoms with Crippen molar-refractivity contribution in [1.82, 2.24) is 4.98 Å². The Kier molecular flexibility index (Phi) is 3.03. The summed E-state index contributed by atoms with van der Waals surface area (Å²) in [5, 5.41) is 0.471. The van der Waals surface area contributed by atoms with Gasteiger partial charge in [0.25, 0.3) is 0 Å². The van der Waals surface area contributed by atoms with Crippen molar-refractivity contribution in [2.45, 2.75) is 0 Å². The van der Waals surface area contributed by atoms with E-state index in [0.29, 0.717) is 10.8 Å². The Labute approximate surface area is 92.6 Å². The summed E-state index contributed by atoms with van der Waals surface area (Å²) in [7, 11) is 0. The summed E-state index contributed by atoms with van der Waals surface area (Å²) < 4.78 is 0. The minimum absolute atomic E-state index is 0.471. The Bertz CT molecular complexity index is 306. The zero-order chi connectivity index (χ0) is 9.97. The third-order valence-electron chi connectivity index (χ3n) is 2.14. The van der Waals surface area contributed by atoms with Crippen LogP contribution < -0.4 is 10.6 Å². The van der Waals surface area contributed by atoms with Gasteiger partial charge in [0, 0.05) is 36.3 Å². The van der Waals surface area contributed by atoms with Crippen molar-refractivity contribution in [3.05, 3.63) is 17.3 Å². The second-order valence-electron chi connectivity index (χ2n) is 3.18. The summed E-state index contributed by atoms with van der Waals surface area (Å²) in [4.78, 5) is 6.48. The van der Waals surface area contributed by atoms with Crippen molar-refractivity contribution in [1.29, 1.82) is 0 Å². The number of nitrogens with zero attached hydrogens (tertiary/aromatic N) is 2. The van der Waals surface area contributed by atoms with E-state index in [1.54, 1.807) is 6.07 Å². The smallest absolute Gasteiger partial charge is 0.133 e. The van der Waals surface area contributed by atoms with Crippen molar-refractivity contribution < 1.29 is 0 Å². The fourth-order valence-corrected chi connectivity index (χ4v) is 2.57. The molecule has 0 aromatic carbocycles. The van der Waals surface area contributed by atoms with Crippen molar-refractivity contribution in [3.63, 3.8) is 0 Å². The highest BCUT2D eigenvalue weighted by atomic mass is 35.5. The minimum atomic E-state index is 0.471. The molecule has 5 heteroatoms. The molecule has 14 heavy (non-hydrogen) atoms. The molecule has 1 aliphatic heterocycles. The minimum Gasteiger partial charge on any atom is -0.399 e. The number of pyridine rings is 1. The van der Waals surface area contributed by atoms with E-state index in [-0.39, 0.29) is 0 Å². The SMILES string of the molecule is Nc1cc(Cl)nc(N2CCSCC2)c1. The molecule has 1 saturated heterocycles. The van der Waals surface area contributed by atoms with Crippen LogP contribution in [-0.2, 0) is 0 Å². The monoisotopic (exact) mass is 229 g/mol. The van der Waals surface area contributed by atoms with Gasteiger partial charge in [0.2, 0.25) is 0 Å². The highest BCUT2D eigenvalue weighted by molar-refractivity contribution is 7.99. The number of nitrogens with two attached hydrogens (primary N) is 1. The van der Waals surface area contributed by atoms with Crippen LogP contribution in [0.5, 0.6) is 0 Å². The molecule has 0 unspecified atom stereocenters. The lowest BCUT2D eigenvalue weighted by Crippen LogP contribution is -2.33. The molecule has 3 nitrogen and oxygen atoms in total. The van der Waals surface area contributed by atoms with Crippen LogP contribution in [0, 0.1) is 0 Å². The lowest BCUT2D eigenvalue weighted by molar-refractivity contribution is 0.840. The lowest BCUT2D eigenvalue weighted by Gasteiger charge is -2.27. The van der Waals surface area contributed by atoms with Crippen LogP contribution in [0.4, 0.5) is 11.5 Å². The highest BCUT2D eigenvalue weighted by Crippen LogP contribution is 2.22. The van der Waals surface area contributed by atoms with Crippen molar-refractivity contribution >= 4 is 34.9 Å². The second-order valence-corrected chi connectivity index (χ2v) is 4.79. The summed E-state index contributed by atoms with van der Waals surface area (Å²) in [6.45, 7) is 2.05. The Morgan fingerprint density at radius 1 is 1.36 bits per heavy atom. The molecule has 1 aromatic rings. The third-order valence-corrected chi connectivity index (χ3v) is 3.27. The fourth-order valence-electron chi connectivity index (χ4n) is 1.46. The molecule has 2 N–H and O–H groups in total. The summed E-state index contributed by atoms with van der Waals surface area (Å²) in [5.74, 6) is 3.19. The van der Waals surface area contributed by atoms with E-state index >= 15 is 0 Å². The summed E-state index contributed by atoms with van der Waals surface area (Å²) in [5.41, 5.74) is 6.39. The number of nitrogen functional groups attached to an aromatic ring is 1. The average Bonchev–Trinajstić information content (AvgIpc) is 2.18. The topological polar surface area (TPSA) is 42.1 Å². The quantitative estimate of drug-likeness (QED) is 0.747. The summed E-state index contributed by atoms with van der Waals surface area (Å²) in [6, 6.07) is 3.55. The van der Waals surface area contributed by atoms with Crippen LogP contribution in [0.2, 0.25) is 5.15 Å². The number of rotatable bonds is 1. The van der Waals surface area contributed by atoms with E-state index < -0.39 is 0 Å². The van der Waals surface area contributed by atoms with Crippen LogP contribution in [0.3, 0.4) is 0 Å². The molecule has 0 aliphatic carbocycles. The van der Waals surface area contributed by atoms with E-state index in [4.69, 9.17) is 17.3 Å². The maximum absolute atomic E-state index is 5.85. The third kappa shape index (κ3) is 2.25. The van der Waals surface area contributed by atoms with Gasteiger partial charge in [0.1, 0.15) is 11.0 Å². The van der Waals surface area contributed by atoms with E-state index in [9.17, 15) is 0 Å². The largest absolute Gasteiger partial charge is 0.399 e. The van der Waals surface area contributed by atoms with Crippen LogP contribution >= 0.6 is 23.4 Å². The molecule has 2 rings (SSSR count). The Balaban J connectivity index is 2.21. The van der Waals surface area contributed by atoms with E-state index in [1.807, 2.05) is 17.8 Å². The molecule has 0 radical (unpaired) electrons. The van der Waals surface area contributed by atoms with Gasteiger partial charge < -0.3 is 10.6 Å². The molecule has 0 bridgehead atoms. The van der Waals surface area contributed by atoms with Gasteiger partial charge in [-0.2, -0.15) is 11.8 Å². The van der Waals surface area contributed by atoms with Crippen LogP contribution in [-0.4, -0.2) is 29.6 Å². The molecule has 0 amide bonds. The van der Waals surface area contributed by atoms with Gasteiger partial charge in [0.05, 0.1) is 0 Å². The molecule has 76 valence electrons. The van der Waals surface area contributed by atoms with Crippen molar-refractivity contribution in [2.24, 2.45) is 0 Å². The molecule has 1 aliphatic rings. The Morgan fingerprint density at radius 3 is 2.71 bits per heavy atom. The number of anilines is 2. The Morgan fingerprint density at radius 2 is 2.07 bits per heavy atom. The highest BCUT2D eigenvalue weighted by Gasteiger charge is 2.12. The first kappa shape index (κ1) is 9.93. The molecule has 2 heterocycles. The van der Waals surface area contributed by atoms with E-state index in [1.165, 1.54) is 0 Å². The zero-order valence-corrected chi connectivity index (χ0v) is 9.31. The van der Waals surface area contributed by atoms with Gasteiger partial charge in [-0.25, -0.2) is 4.98 Å². The predicted octanol–water partition coefficient (Wildman–Crippen LogP) is 1.87.